The average Bonchev–Trinajstić information content (AvgIpc) is 2.56. The SMILES string of the molecule is Cc1cc([N+](=O)[O-])cc(S(=O)(=O)NCC(C)Oc2ccccc2)c1C. The lowest BCUT2D eigenvalue weighted by Crippen LogP contribution is -2.34. The highest BCUT2D eigenvalue weighted by Gasteiger charge is 2.23. The van der Waals surface area contributed by atoms with Crippen molar-refractivity contribution in [1.29, 1.82) is 0 Å². The number of nitro groups is 1. The molecule has 0 aliphatic carbocycles. The highest BCUT2D eigenvalue weighted by Crippen LogP contribution is 2.25. The van der Waals surface area contributed by atoms with Gasteiger partial charge in [-0.15, -0.1) is 0 Å². The van der Waals surface area contributed by atoms with Crippen molar-refractivity contribution in [3.05, 3.63) is 63.7 Å². The zero-order valence-corrected chi connectivity index (χ0v) is 15.0. The van der Waals surface area contributed by atoms with Crippen LogP contribution in [0.1, 0.15) is 18.1 Å². The maximum Gasteiger partial charge on any atom is 0.271 e. The van der Waals surface area contributed by atoms with Crippen LogP contribution in [0.2, 0.25) is 0 Å². The summed E-state index contributed by atoms with van der Waals surface area (Å²) in [4.78, 5) is 10.3. The molecule has 0 saturated carbocycles. The molecule has 8 heteroatoms. The van der Waals surface area contributed by atoms with Gasteiger partial charge in [-0.1, -0.05) is 18.2 Å². The fraction of sp³-hybridized carbons (Fsp3) is 0.294. The van der Waals surface area contributed by atoms with Gasteiger partial charge in [-0.05, 0) is 44.0 Å². The van der Waals surface area contributed by atoms with Gasteiger partial charge in [0.05, 0.1) is 9.82 Å². The van der Waals surface area contributed by atoms with Gasteiger partial charge >= 0.3 is 0 Å². The number of nitro benzene ring substituents is 1. The number of hydrogen-bond donors (Lipinski definition) is 1. The van der Waals surface area contributed by atoms with Crippen LogP contribution in [0.3, 0.4) is 0 Å². The molecule has 25 heavy (non-hydrogen) atoms. The van der Waals surface area contributed by atoms with E-state index in [1.807, 2.05) is 18.2 Å². The summed E-state index contributed by atoms with van der Waals surface area (Å²) < 4.78 is 33.2. The van der Waals surface area contributed by atoms with Gasteiger partial charge in [0.15, 0.2) is 0 Å². The molecule has 0 aliphatic heterocycles. The average molecular weight is 364 g/mol. The van der Waals surface area contributed by atoms with Crippen molar-refractivity contribution in [1.82, 2.24) is 4.72 Å². The fourth-order valence-corrected chi connectivity index (χ4v) is 3.72. The summed E-state index contributed by atoms with van der Waals surface area (Å²) >= 11 is 0. The summed E-state index contributed by atoms with van der Waals surface area (Å²) in [6.07, 6.45) is -0.405. The highest BCUT2D eigenvalue weighted by atomic mass is 32.2. The van der Waals surface area contributed by atoms with Crippen molar-refractivity contribution in [2.45, 2.75) is 31.8 Å². The molecule has 0 spiro atoms. The highest BCUT2D eigenvalue weighted by molar-refractivity contribution is 7.89. The molecule has 0 bridgehead atoms. The third-order valence-corrected chi connectivity index (χ3v) is 5.30. The molecule has 1 atom stereocenters. The minimum atomic E-state index is -3.89. The summed E-state index contributed by atoms with van der Waals surface area (Å²) in [5.74, 6) is 0.636. The number of sulfonamides is 1. The van der Waals surface area contributed by atoms with Crippen molar-refractivity contribution in [2.24, 2.45) is 0 Å². The van der Waals surface area contributed by atoms with E-state index in [1.165, 1.54) is 6.07 Å². The Morgan fingerprint density at radius 2 is 1.84 bits per heavy atom. The van der Waals surface area contributed by atoms with E-state index >= 15 is 0 Å². The van der Waals surface area contributed by atoms with Gasteiger partial charge in [-0.3, -0.25) is 10.1 Å². The summed E-state index contributed by atoms with van der Waals surface area (Å²) in [7, 11) is -3.89. The first-order valence-electron chi connectivity index (χ1n) is 7.67. The lowest BCUT2D eigenvalue weighted by Gasteiger charge is -2.16. The molecule has 2 aromatic carbocycles. The van der Waals surface area contributed by atoms with Gasteiger partial charge < -0.3 is 4.74 Å². The summed E-state index contributed by atoms with van der Waals surface area (Å²) in [6.45, 7) is 5.04. The molecule has 0 amide bonds. The fourth-order valence-electron chi connectivity index (χ4n) is 2.27. The van der Waals surface area contributed by atoms with E-state index in [1.54, 1.807) is 32.9 Å². The third kappa shape index (κ3) is 4.77. The molecule has 0 aromatic heterocycles. The Bertz CT molecular complexity index is 866. The van der Waals surface area contributed by atoms with Crippen LogP contribution in [-0.2, 0) is 10.0 Å². The Balaban J connectivity index is 2.15. The molecule has 0 saturated heterocycles. The number of benzene rings is 2. The van der Waals surface area contributed by atoms with E-state index < -0.39 is 21.1 Å². The summed E-state index contributed by atoms with van der Waals surface area (Å²) in [5, 5.41) is 11.0. The standard InChI is InChI=1S/C17H20N2O5S/c1-12-9-15(19(20)21)10-17(14(12)3)25(22,23)18-11-13(2)24-16-7-5-4-6-8-16/h4-10,13,18H,11H2,1-3H3. The largest absolute Gasteiger partial charge is 0.489 e. The molecule has 2 rings (SSSR count). The molecular weight excluding hydrogens is 344 g/mol. The van der Waals surface area contributed by atoms with Gasteiger partial charge in [0, 0.05) is 18.7 Å². The topological polar surface area (TPSA) is 98.5 Å². The van der Waals surface area contributed by atoms with E-state index in [-0.39, 0.29) is 17.1 Å². The van der Waals surface area contributed by atoms with E-state index in [0.29, 0.717) is 16.9 Å². The Labute approximate surface area is 146 Å². The molecule has 134 valence electrons. The first kappa shape index (κ1) is 18.9. The Morgan fingerprint density at radius 1 is 1.20 bits per heavy atom. The van der Waals surface area contributed by atoms with E-state index in [9.17, 15) is 18.5 Å². The molecule has 0 aliphatic rings. The normalized spacial score (nSPS) is 12.6. The first-order valence-corrected chi connectivity index (χ1v) is 9.16. The lowest BCUT2D eigenvalue weighted by molar-refractivity contribution is -0.385. The van der Waals surface area contributed by atoms with E-state index in [0.717, 1.165) is 6.07 Å². The number of para-hydroxylation sites is 1. The second kappa shape index (κ2) is 7.62. The smallest absolute Gasteiger partial charge is 0.271 e. The monoisotopic (exact) mass is 364 g/mol. The second-order valence-electron chi connectivity index (χ2n) is 5.74. The maximum absolute atomic E-state index is 12.5. The van der Waals surface area contributed by atoms with E-state index in [2.05, 4.69) is 4.72 Å². The number of rotatable bonds is 7. The first-order chi connectivity index (χ1) is 11.7. The van der Waals surface area contributed by atoms with Crippen LogP contribution >= 0.6 is 0 Å². The van der Waals surface area contributed by atoms with Crippen LogP contribution in [0.25, 0.3) is 0 Å². The molecule has 1 unspecified atom stereocenters. The Hall–Kier alpha value is -2.45. The third-order valence-electron chi connectivity index (χ3n) is 3.75. The van der Waals surface area contributed by atoms with Gasteiger partial charge in [0.1, 0.15) is 11.9 Å². The summed E-state index contributed by atoms with van der Waals surface area (Å²) in [6, 6.07) is 11.5. The maximum atomic E-state index is 12.5. The van der Waals surface area contributed by atoms with Gasteiger partial charge in [-0.2, -0.15) is 0 Å². The quantitative estimate of drug-likeness (QED) is 0.601. The molecule has 0 radical (unpaired) electrons. The lowest BCUT2D eigenvalue weighted by atomic mass is 10.1. The number of nitrogens with one attached hydrogen (secondary N) is 1. The van der Waals surface area contributed by atoms with Crippen molar-refractivity contribution in [3.63, 3.8) is 0 Å². The number of non-ortho nitro benzene ring substituents is 1. The number of ether oxygens (including phenoxy) is 1. The molecule has 0 fully saturated rings. The zero-order chi connectivity index (χ0) is 18.6. The van der Waals surface area contributed by atoms with Crippen LogP contribution in [0, 0.1) is 24.0 Å². The Kier molecular flexibility index (Phi) is 5.76. The Morgan fingerprint density at radius 3 is 2.44 bits per heavy atom. The number of aryl methyl sites for hydroxylation is 1. The van der Waals surface area contributed by atoms with E-state index in [4.69, 9.17) is 4.74 Å². The predicted octanol–water partition coefficient (Wildman–Crippen LogP) is 2.96. The van der Waals surface area contributed by atoms with Crippen LogP contribution in [0.5, 0.6) is 5.75 Å². The minimum absolute atomic E-state index is 0.0401. The van der Waals surface area contributed by atoms with Crippen molar-refractivity contribution in [2.75, 3.05) is 6.54 Å². The van der Waals surface area contributed by atoms with Gasteiger partial charge in [-0.25, -0.2) is 13.1 Å². The number of nitrogens with zero attached hydrogens (tertiary/aromatic N) is 1. The molecule has 1 N–H and O–H groups in total. The van der Waals surface area contributed by atoms with Gasteiger partial charge in [0.25, 0.3) is 5.69 Å². The van der Waals surface area contributed by atoms with Crippen molar-refractivity contribution in [3.8, 4) is 5.75 Å². The molecular formula is C17H20N2O5S. The number of hydrogen-bond acceptors (Lipinski definition) is 5. The van der Waals surface area contributed by atoms with Crippen LogP contribution in [-0.4, -0.2) is 26.0 Å². The predicted molar refractivity (Wildman–Crippen MR) is 94.3 cm³/mol. The van der Waals surface area contributed by atoms with Gasteiger partial charge in [0.2, 0.25) is 10.0 Å². The minimum Gasteiger partial charge on any atom is -0.489 e. The summed E-state index contributed by atoms with van der Waals surface area (Å²) in [5.41, 5.74) is 0.773. The van der Waals surface area contributed by atoms with Crippen molar-refractivity contribution >= 4 is 15.7 Å². The van der Waals surface area contributed by atoms with Crippen LogP contribution in [0.15, 0.2) is 47.4 Å². The molecule has 7 nitrogen and oxygen atoms in total. The molecule has 0 heterocycles. The molecule has 2 aromatic rings. The van der Waals surface area contributed by atoms with Crippen molar-refractivity contribution < 1.29 is 18.1 Å². The second-order valence-corrected chi connectivity index (χ2v) is 7.47. The van der Waals surface area contributed by atoms with Crippen LogP contribution < -0.4 is 9.46 Å². The zero-order valence-electron chi connectivity index (χ0n) is 14.2. The van der Waals surface area contributed by atoms with Crippen LogP contribution in [0.4, 0.5) is 5.69 Å².